The summed E-state index contributed by atoms with van der Waals surface area (Å²) in [5.74, 6) is 1.99. The van der Waals surface area contributed by atoms with Crippen LogP contribution in [0, 0.1) is 19.8 Å². The van der Waals surface area contributed by atoms with Crippen LogP contribution in [0.4, 0.5) is 0 Å². The van der Waals surface area contributed by atoms with E-state index in [4.69, 9.17) is 4.74 Å². The second kappa shape index (κ2) is 6.72. The van der Waals surface area contributed by atoms with Crippen molar-refractivity contribution in [3.63, 3.8) is 0 Å². The van der Waals surface area contributed by atoms with E-state index in [0.29, 0.717) is 17.5 Å². The van der Waals surface area contributed by atoms with Crippen molar-refractivity contribution in [3.8, 4) is 11.6 Å². The minimum absolute atomic E-state index is 0.617. The average molecular weight is 288 g/mol. The van der Waals surface area contributed by atoms with Gasteiger partial charge in [0.1, 0.15) is 0 Å². The zero-order valence-corrected chi connectivity index (χ0v) is 13.5. The fourth-order valence-electron chi connectivity index (χ4n) is 2.18. The van der Waals surface area contributed by atoms with Crippen molar-refractivity contribution in [1.29, 1.82) is 0 Å². The summed E-state index contributed by atoms with van der Waals surface area (Å²) in [5.41, 5.74) is 3.25. The molecule has 0 bridgehead atoms. The van der Waals surface area contributed by atoms with Gasteiger partial charge in [0.2, 0.25) is 5.88 Å². The van der Waals surface area contributed by atoms with Gasteiger partial charge in [0, 0.05) is 24.8 Å². The molecule has 0 aromatic carbocycles. The second-order valence-electron chi connectivity index (χ2n) is 5.84. The van der Waals surface area contributed by atoms with Crippen LogP contribution in [-0.4, -0.2) is 21.3 Å². The van der Waals surface area contributed by atoms with E-state index in [2.05, 4.69) is 42.2 Å². The van der Waals surface area contributed by atoms with Crippen LogP contribution >= 0.6 is 0 Å². The van der Waals surface area contributed by atoms with E-state index in [1.807, 2.05) is 20.2 Å². The van der Waals surface area contributed by atoms with Gasteiger partial charge in [-0.25, -0.2) is 4.98 Å². The molecule has 0 spiro atoms. The molecule has 0 saturated heterocycles. The highest BCUT2D eigenvalue weighted by molar-refractivity contribution is 5.38. The molecule has 2 rings (SSSR count). The van der Waals surface area contributed by atoms with Crippen LogP contribution in [0.3, 0.4) is 0 Å². The van der Waals surface area contributed by atoms with E-state index in [0.717, 1.165) is 24.3 Å². The Hall–Kier alpha value is -1.88. The molecular formula is C16H24N4O. The van der Waals surface area contributed by atoms with E-state index >= 15 is 0 Å². The van der Waals surface area contributed by atoms with Crippen LogP contribution in [-0.2, 0) is 13.6 Å². The monoisotopic (exact) mass is 288 g/mol. The molecule has 5 heteroatoms. The predicted octanol–water partition coefficient (Wildman–Crippen LogP) is 2.97. The van der Waals surface area contributed by atoms with Crippen molar-refractivity contribution in [3.05, 3.63) is 35.3 Å². The summed E-state index contributed by atoms with van der Waals surface area (Å²) in [7, 11) is 1.87. The highest BCUT2D eigenvalue weighted by atomic mass is 16.5. The summed E-state index contributed by atoms with van der Waals surface area (Å²) in [6.45, 7) is 10.2. The maximum absolute atomic E-state index is 5.92. The lowest BCUT2D eigenvalue weighted by Crippen LogP contribution is -2.20. The Kier molecular flexibility index (Phi) is 4.96. The van der Waals surface area contributed by atoms with Gasteiger partial charge in [-0.05, 0) is 37.9 Å². The molecule has 0 aliphatic carbocycles. The molecule has 0 aliphatic rings. The van der Waals surface area contributed by atoms with E-state index in [1.54, 1.807) is 10.9 Å². The van der Waals surface area contributed by atoms with Gasteiger partial charge in [0.25, 0.3) is 0 Å². The summed E-state index contributed by atoms with van der Waals surface area (Å²) in [6, 6.07) is 2.09. The number of nitrogens with zero attached hydrogens (tertiary/aromatic N) is 3. The maximum Gasteiger partial charge on any atom is 0.224 e. The Morgan fingerprint density at radius 1 is 1.33 bits per heavy atom. The molecule has 21 heavy (non-hydrogen) atoms. The van der Waals surface area contributed by atoms with Crippen molar-refractivity contribution >= 4 is 0 Å². The van der Waals surface area contributed by atoms with Gasteiger partial charge in [-0.15, -0.1) is 0 Å². The van der Waals surface area contributed by atoms with Crippen molar-refractivity contribution in [2.24, 2.45) is 13.0 Å². The van der Waals surface area contributed by atoms with Crippen LogP contribution in [0.5, 0.6) is 11.6 Å². The van der Waals surface area contributed by atoms with Gasteiger partial charge in [0.05, 0.1) is 12.4 Å². The van der Waals surface area contributed by atoms with E-state index in [1.165, 1.54) is 5.56 Å². The molecule has 0 atom stereocenters. The summed E-state index contributed by atoms with van der Waals surface area (Å²) in [5, 5.41) is 7.57. The van der Waals surface area contributed by atoms with Crippen LogP contribution in [0.1, 0.15) is 30.7 Å². The largest absolute Gasteiger partial charge is 0.435 e. The summed E-state index contributed by atoms with van der Waals surface area (Å²) >= 11 is 0. The third kappa shape index (κ3) is 4.29. The highest BCUT2D eigenvalue weighted by Gasteiger charge is 2.12. The molecule has 0 fully saturated rings. The minimum Gasteiger partial charge on any atom is -0.435 e. The molecule has 0 saturated carbocycles. The highest BCUT2D eigenvalue weighted by Crippen LogP contribution is 2.26. The van der Waals surface area contributed by atoms with E-state index in [9.17, 15) is 0 Å². The molecule has 2 aromatic heterocycles. The number of ether oxygens (including phenoxy) is 1. The van der Waals surface area contributed by atoms with Crippen molar-refractivity contribution in [2.75, 3.05) is 6.54 Å². The number of hydrogen-bond donors (Lipinski definition) is 1. The number of rotatable bonds is 6. The van der Waals surface area contributed by atoms with Gasteiger partial charge < -0.3 is 10.1 Å². The lowest BCUT2D eigenvalue weighted by atomic mass is 10.1. The Labute approximate surface area is 126 Å². The molecule has 2 heterocycles. The first-order valence-corrected chi connectivity index (χ1v) is 7.30. The predicted molar refractivity (Wildman–Crippen MR) is 83.5 cm³/mol. The molecular weight excluding hydrogens is 264 g/mol. The Morgan fingerprint density at radius 2 is 2.10 bits per heavy atom. The quantitative estimate of drug-likeness (QED) is 0.888. The number of nitrogens with one attached hydrogen (secondary N) is 1. The molecule has 1 N–H and O–H groups in total. The van der Waals surface area contributed by atoms with Crippen LogP contribution < -0.4 is 10.1 Å². The van der Waals surface area contributed by atoms with Gasteiger partial charge in [-0.1, -0.05) is 13.8 Å². The van der Waals surface area contributed by atoms with Crippen molar-refractivity contribution in [2.45, 2.75) is 34.2 Å². The molecule has 5 nitrogen and oxygen atoms in total. The second-order valence-corrected chi connectivity index (χ2v) is 5.84. The number of hydrogen-bond acceptors (Lipinski definition) is 4. The first kappa shape index (κ1) is 15.5. The summed E-state index contributed by atoms with van der Waals surface area (Å²) < 4.78 is 7.63. The molecule has 2 aromatic rings. The molecule has 114 valence electrons. The standard InChI is InChI=1S/C16H24N4O/c1-11(2)7-17-9-15-12(3)6-13(4)19-16(15)21-14-8-18-20(5)10-14/h6,8,10-11,17H,7,9H2,1-5H3. The van der Waals surface area contributed by atoms with Crippen LogP contribution in [0.25, 0.3) is 0 Å². The van der Waals surface area contributed by atoms with E-state index < -0.39 is 0 Å². The van der Waals surface area contributed by atoms with Crippen LogP contribution in [0.2, 0.25) is 0 Å². The smallest absolute Gasteiger partial charge is 0.224 e. The Morgan fingerprint density at radius 3 is 2.71 bits per heavy atom. The number of aryl methyl sites for hydroxylation is 3. The molecule has 0 radical (unpaired) electrons. The number of pyridine rings is 1. The molecule has 0 amide bonds. The number of aromatic nitrogens is 3. The first-order chi connectivity index (χ1) is 9.95. The zero-order valence-electron chi connectivity index (χ0n) is 13.5. The lowest BCUT2D eigenvalue weighted by molar-refractivity contribution is 0.447. The zero-order chi connectivity index (χ0) is 15.4. The fourth-order valence-corrected chi connectivity index (χ4v) is 2.18. The van der Waals surface area contributed by atoms with Crippen molar-refractivity contribution in [1.82, 2.24) is 20.1 Å². The minimum atomic E-state index is 0.617. The Bertz CT molecular complexity index is 604. The normalized spacial score (nSPS) is 11.1. The molecule has 0 aliphatic heterocycles. The third-order valence-corrected chi connectivity index (χ3v) is 3.19. The molecule has 0 unspecified atom stereocenters. The maximum atomic E-state index is 5.92. The lowest BCUT2D eigenvalue weighted by Gasteiger charge is -2.14. The van der Waals surface area contributed by atoms with E-state index in [-0.39, 0.29) is 0 Å². The third-order valence-electron chi connectivity index (χ3n) is 3.19. The first-order valence-electron chi connectivity index (χ1n) is 7.30. The fraction of sp³-hybridized carbons (Fsp3) is 0.500. The Balaban J connectivity index is 2.21. The van der Waals surface area contributed by atoms with Crippen LogP contribution in [0.15, 0.2) is 18.5 Å². The van der Waals surface area contributed by atoms with Gasteiger partial charge >= 0.3 is 0 Å². The van der Waals surface area contributed by atoms with Gasteiger partial charge in [0.15, 0.2) is 5.75 Å². The SMILES string of the molecule is Cc1cc(C)c(CNCC(C)C)c(Oc2cnn(C)c2)n1. The summed E-state index contributed by atoms with van der Waals surface area (Å²) in [4.78, 5) is 4.54. The summed E-state index contributed by atoms with van der Waals surface area (Å²) in [6.07, 6.45) is 3.54. The van der Waals surface area contributed by atoms with Gasteiger partial charge in [-0.3, -0.25) is 4.68 Å². The topological polar surface area (TPSA) is 52.0 Å². The van der Waals surface area contributed by atoms with Crippen molar-refractivity contribution < 1.29 is 4.74 Å². The van der Waals surface area contributed by atoms with Gasteiger partial charge in [-0.2, -0.15) is 5.10 Å². The average Bonchev–Trinajstić information content (AvgIpc) is 2.77.